The van der Waals surface area contributed by atoms with Crippen molar-refractivity contribution in [2.75, 3.05) is 6.54 Å². The molecular formula is C13H16BrF2NO2. The van der Waals surface area contributed by atoms with E-state index in [9.17, 15) is 13.6 Å². The highest BCUT2D eigenvalue weighted by molar-refractivity contribution is 9.09. The maximum absolute atomic E-state index is 12.2. The topological polar surface area (TPSA) is 38.3 Å². The van der Waals surface area contributed by atoms with Crippen molar-refractivity contribution < 1.29 is 18.3 Å². The normalized spacial score (nSPS) is 12.3. The highest BCUT2D eigenvalue weighted by atomic mass is 79.9. The maximum Gasteiger partial charge on any atom is 0.387 e. The molecule has 1 atom stereocenters. The van der Waals surface area contributed by atoms with Crippen molar-refractivity contribution in [3.05, 3.63) is 29.8 Å². The predicted molar refractivity (Wildman–Crippen MR) is 73.0 cm³/mol. The number of ether oxygens (including phenoxy) is 1. The van der Waals surface area contributed by atoms with E-state index in [0.717, 1.165) is 12.8 Å². The smallest absolute Gasteiger partial charge is 0.387 e. The summed E-state index contributed by atoms with van der Waals surface area (Å²) in [6, 6.07) is 5.94. The number of hydrogen-bond donors (Lipinski definition) is 1. The summed E-state index contributed by atoms with van der Waals surface area (Å²) in [5.74, 6) is -0.534. The number of hydrogen-bond acceptors (Lipinski definition) is 2. The summed E-state index contributed by atoms with van der Waals surface area (Å²) in [5, 5.41) is 2.69. The van der Waals surface area contributed by atoms with Crippen LogP contribution in [0.2, 0.25) is 0 Å². The van der Waals surface area contributed by atoms with Gasteiger partial charge in [0.1, 0.15) is 5.75 Å². The number of para-hydroxylation sites is 1. The molecule has 0 bridgehead atoms. The fourth-order valence-corrected chi connectivity index (χ4v) is 2.19. The Labute approximate surface area is 119 Å². The van der Waals surface area contributed by atoms with Gasteiger partial charge in [0.05, 0.1) is 5.56 Å². The zero-order chi connectivity index (χ0) is 14.3. The van der Waals surface area contributed by atoms with Crippen LogP contribution in [0.25, 0.3) is 0 Å². The summed E-state index contributed by atoms with van der Waals surface area (Å²) in [6.07, 6.45) is 1.92. The van der Waals surface area contributed by atoms with E-state index >= 15 is 0 Å². The first kappa shape index (κ1) is 15.9. The largest absolute Gasteiger partial charge is 0.434 e. The molecule has 0 aliphatic heterocycles. The first-order valence-corrected chi connectivity index (χ1v) is 6.92. The fraction of sp³-hybridized carbons (Fsp3) is 0.462. The van der Waals surface area contributed by atoms with Gasteiger partial charge in [0.15, 0.2) is 0 Å². The van der Waals surface area contributed by atoms with Gasteiger partial charge in [0.25, 0.3) is 5.91 Å². The summed E-state index contributed by atoms with van der Waals surface area (Å²) in [6.45, 7) is -0.463. The molecule has 0 aliphatic carbocycles. The van der Waals surface area contributed by atoms with Gasteiger partial charge in [0, 0.05) is 11.4 Å². The van der Waals surface area contributed by atoms with Crippen LogP contribution in [0.15, 0.2) is 24.3 Å². The van der Waals surface area contributed by atoms with Crippen LogP contribution in [0.3, 0.4) is 0 Å². The number of carbonyl (C=O) groups excluding carboxylic acids is 1. The molecule has 6 heteroatoms. The molecule has 0 spiro atoms. The number of nitrogens with one attached hydrogen (secondary N) is 1. The molecule has 0 aliphatic rings. The van der Waals surface area contributed by atoms with Crippen LogP contribution in [0.1, 0.15) is 30.1 Å². The number of alkyl halides is 3. The number of rotatable bonds is 7. The van der Waals surface area contributed by atoms with Gasteiger partial charge in [-0.2, -0.15) is 8.78 Å². The lowest BCUT2D eigenvalue weighted by molar-refractivity contribution is -0.0501. The minimum absolute atomic E-state index is 0.110. The summed E-state index contributed by atoms with van der Waals surface area (Å²) < 4.78 is 28.7. The van der Waals surface area contributed by atoms with Gasteiger partial charge < -0.3 is 10.1 Å². The lowest BCUT2D eigenvalue weighted by Gasteiger charge is -2.12. The summed E-state index contributed by atoms with van der Waals surface area (Å²) >= 11 is 3.43. The van der Waals surface area contributed by atoms with Crippen LogP contribution >= 0.6 is 15.9 Å². The van der Waals surface area contributed by atoms with Crippen LogP contribution in [-0.4, -0.2) is 23.9 Å². The number of carbonyl (C=O) groups is 1. The minimum Gasteiger partial charge on any atom is -0.434 e. The van der Waals surface area contributed by atoms with E-state index in [0.29, 0.717) is 6.54 Å². The first-order chi connectivity index (χ1) is 9.04. The van der Waals surface area contributed by atoms with Crippen molar-refractivity contribution >= 4 is 21.8 Å². The molecule has 19 heavy (non-hydrogen) atoms. The van der Waals surface area contributed by atoms with Gasteiger partial charge in [0.2, 0.25) is 0 Å². The quantitative estimate of drug-likeness (QED) is 0.773. The second-order valence-electron chi connectivity index (χ2n) is 3.97. The third-order valence-electron chi connectivity index (χ3n) is 2.43. The van der Waals surface area contributed by atoms with Gasteiger partial charge >= 0.3 is 6.61 Å². The van der Waals surface area contributed by atoms with E-state index in [1.807, 2.05) is 6.92 Å². The van der Waals surface area contributed by atoms with E-state index in [-0.39, 0.29) is 16.1 Å². The van der Waals surface area contributed by atoms with Crippen LogP contribution in [0.4, 0.5) is 8.78 Å². The van der Waals surface area contributed by atoms with E-state index in [2.05, 4.69) is 26.0 Å². The standard InChI is InChI=1S/C13H16BrF2NO2/c1-2-5-9(14)8-17-12(18)10-6-3-4-7-11(10)19-13(15)16/h3-4,6-7,9,13H,2,5,8H2,1H3,(H,17,18). The molecule has 0 aromatic heterocycles. The molecule has 1 unspecified atom stereocenters. The van der Waals surface area contributed by atoms with Crippen LogP contribution < -0.4 is 10.1 Å². The van der Waals surface area contributed by atoms with Crippen LogP contribution in [0.5, 0.6) is 5.75 Å². The molecule has 0 radical (unpaired) electrons. The van der Waals surface area contributed by atoms with Gasteiger partial charge in [-0.25, -0.2) is 0 Å². The Kier molecular flexibility index (Phi) is 6.77. The first-order valence-electron chi connectivity index (χ1n) is 6.00. The Bertz CT molecular complexity index is 415. The predicted octanol–water partition coefficient (Wildman–Crippen LogP) is 3.58. The third kappa shape index (κ3) is 5.55. The third-order valence-corrected chi connectivity index (χ3v) is 3.22. The van der Waals surface area contributed by atoms with Gasteiger partial charge in [-0.3, -0.25) is 4.79 Å². The zero-order valence-electron chi connectivity index (χ0n) is 10.5. The lowest BCUT2D eigenvalue weighted by Crippen LogP contribution is -2.30. The van der Waals surface area contributed by atoms with E-state index in [1.165, 1.54) is 12.1 Å². The van der Waals surface area contributed by atoms with Crippen LogP contribution in [0, 0.1) is 0 Å². The summed E-state index contributed by atoms with van der Waals surface area (Å²) in [7, 11) is 0. The molecule has 1 aromatic carbocycles. The number of amides is 1. The SMILES string of the molecule is CCCC(Br)CNC(=O)c1ccccc1OC(F)F. The fourth-order valence-electron chi connectivity index (χ4n) is 1.57. The molecule has 1 rings (SSSR count). The molecule has 0 saturated heterocycles. The highest BCUT2D eigenvalue weighted by Gasteiger charge is 2.15. The van der Waals surface area contributed by atoms with Crippen molar-refractivity contribution in [2.45, 2.75) is 31.2 Å². The van der Waals surface area contributed by atoms with E-state index in [1.54, 1.807) is 12.1 Å². The van der Waals surface area contributed by atoms with Crippen molar-refractivity contribution in [3.8, 4) is 5.75 Å². The maximum atomic E-state index is 12.2. The Morgan fingerprint density at radius 1 is 1.42 bits per heavy atom. The van der Waals surface area contributed by atoms with E-state index < -0.39 is 12.5 Å². The molecule has 3 nitrogen and oxygen atoms in total. The Morgan fingerprint density at radius 3 is 2.74 bits per heavy atom. The summed E-state index contributed by atoms with van der Waals surface area (Å²) in [5.41, 5.74) is 0.110. The average molecular weight is 336 g/mol. The van der Waals surface area contributed by atoms with Crippen molar-refractivity contribution in [1.29, 1.82) is 0 Å². The Balaban J connectivity index is 2.66. The van der Waals surface area contributed by atoms with Crippen molar-refractivity contribution in [1.82, 2.24) is 5.32 Å². The van der Waals surface area contributed by atoms with Crippen LogP contribution in [-0.2, 0) is 0 Å². The van der Waals surface area contributed by atoms with Crippen molar-refractivity contribution in [3.63, 3.8) is 0 Å². The Hall–Kier alpha value is -1.17. The minimum atomic E-state index is -2.95. The average Bonchev–Trinajstić information content (AvgIpc) is 2.36. The van der Waals surface area contributed by atoms with E-state index in [4.69, 9.17) is 0 Å². The second kappa shape index (κ2) is 8.09. The molecule has 106 valence electrons. The second-order valence-corrected chi connectivity index (χ2v) is 5.27. The molecular weight excluding hydrogens is 320 g/mol. The summed E-state index contributed by atoms with van der Waals surface area (Å²) in [4.78, 5) is 12.1. The van der Waals surface area contributed by atoms with Gasteiger partial charge in [-0.1, -0.05) is 41.4 Å². The monoisotopic (exact) mass is 335 g/mol. The molecule has 0 heterocycles. The number of benzene rings is 1. The molecule has 1 amide bonds. The number of halogens is 3. The lowest BCUT2D eigenvalue weighted by atomic mass is 10.2. The Morgan fingerprint density at radius 2 is 2.11 bits per heavy atom. The van der Waals surface area contributed by atoms with Gasteiger partial charge in [-0.15, -0.1) is 0 Å². The zero-order valence-corrected chi connectivity index (χ0v) is 12.1. The van der Waals surface area contributed by atoms with Gasteiger partial charge in [-0.05, 0) is 18.6 Å². The highest BCUT2D eigenvalue weighted by Crippen LogP contribution is 2.20. The molecule has 1 aromatic rings. The molecule has 1 N–H and O–H groups in total. The molecule has 0 fully saturated rings. The van der Waals surface area contributed by atoms with Crippen molar-refractivity contribution in [2.24, 2.45) is 0 Å². The molecule has 0 saturated carbocycles.